The van der Waals surface area contributed by atoms with Crippen molar-refractivity contribution < 1.29 is 9.90 Å². The molecule has 3 nitrogen and oxygen atoms in total. The van der Waals surface area contributed by atoms with Crippen LogP contribution in [0, 0.1) is 6.92 Å². The van der Waals surface area contributed by atoms with Crippen molar-refractivity contribution in [3.05, 3.63) is 35.4 Å². The van der Waals surface area contributed by atoms with Gasteiger partial charge in [-0.2, -0.15) is 0 Å². The smallest absolute Gasteiger partial charge is 0.220 e. The van der Waals surface area contributed by atoms with Gasteiger partial charge in [-0.3, -0.25) is 4.79 Å². The van der Waals surface area contributed by atoms with Gasteiger partial charge in [-0.25, -0.2) is 0 Å². The van der Waals surface area contributed by atoms with E-state index in [1.165, 1.54) is 5.56 Å². The Kier molecular flexibility index (Phi) is 4.99. The summed E-state index contributed by atoms with van der Waals surface area (Å²) >= 11 is 0. The third-order valence-corrected chi connectivity index (χ3v) is 2.44. The normalized spacial score (nSPS) is 12.2. The molecular formula is C13H19NO2. The maximum atomic E-state index is 11.4. The number of carbonyl (C=O) groups excluding carboxylic acids is 1. The number of aliphatic hydroxyl groups excluding tert-OH is 1. The lowest BCUT2D eigenvalue weighted by molar-refractivity contribution is -0.121. The van der Waals surface area contributed by atoms with E-state index in [-0.39, 0.29) is 18.6 Å². The quantitative estimate of drug-likeness (QED) is 0.790. The Morgan fingerprint density at radius 1 is 1.38 bits per heavy atom. The number of amides is 1. The number of aryl methyl sites for hydroxylation is 2. The van der Waals surface area contributed by atoms with Crippen LogP contribution in [0.4, 0.5) is 0 Å². The molecule has 0 bridgehead atoms. The fourth-order valence-corrected chi connectivity index (χ4v) is 1.41. The van der Waals surface area contributed by atoms with Crippen LogP contribution in [0.2, 0.25) is 0 Å². The lowest BCUT2D eigenvalue weighted by Gasteiger charge is -2.10. The highest BCUT2D eigenvalue weighted by molar-refractivity contribution is 5.76. The van der Waals surface area contributed by atoms with E-state index in [4.69, 9.17) is 5.11 Å². The molecule has 0 radical (unpaired) electrons. The summed E-state index contributed by atoms with van der Waals surface area (Å²) in [5.74, 6) is -0.0119. The van der Waals surface area contributed by atoms with Gasteiger partial charge < -0.3 is 10.4 Å². The molecule has 1 aromatic rings. The van der Waals surface area contributed by atoms with Crippen LogP contribution in [0.15, 0.2) is 24.3 Å². The first-order chi connectivity index (χ1) is 7.61. The van der Waals surface area contributed by atoms with Gasteiger partial charge in [-0.15, -0.1) is 0 Å². The molecule has 0 saturated heterocycles. The van der Waals surface area contributed by atoms with Crippen molar-refractivity contribution in [3.63, 3.8) is 0 Å². The third kappa shape index (κ3) is 4.45. The molecule has 0 spiro atoms. The van der Waals surface area contributed by atoms with E-state index in [0.29, 0.717) is 6.42 Å². The van der Waals surface area contributed by atoms with Gasteiger partial charge in [0, 0.05) is 12.5 Å². The van der Waals surface area contributed by atoms with Gasteiger partial charge in [-0.05, 0) is 25.8 Å². The molecule has 0 aliphatic rings. The number of hydrogen-bond acceptors (Lipinski definition) is 2. The molecule has 0 aromatic heterocycles. The molecule has 0 heterocycles. The Labute approximate surface area is 96.5 Å². The molecule has 16 heavy (non-hydrogen) atoms. The highest BCUT2D eigenvalue weighted by Crippen LogP contribution is 2.05. The lowest BCUT2D eigenvalue weighted by atomic mass is 10.1. The first-order valence-corrected chi connectivity index (χ1v) is 5.57. The van der Waals surface area contributed by atoms with E-state index < -0.39 is 0 Å². The van der Waals surface area contributed by atoms with E-state index >= 15 is 0 Å². The maximum absolute atomic E-state index is 11.4. The van der Waals surface area contributed by atoms with Crippen molar-refractivity contribution in [2.75, 3.05) is 6.61 Å². The van der Waals surface area contributed by atoms with Crippen LogP contribution in [-0.2, 0) is 11.2 Å². The second kappa shape index (κ2) is 6.28. The fourth-order valence-electron chi connectivity index (χ4n) is 1.41. The van der Waals surface area contributed by atoms with Gasteiger partial charge in [-0.1, -0.05) is 29.8 Å². The van der Waals surface area contributed by atoms with E-state index in [0.717, 1.165) is 12.0 Å². The molecule has 0 fully saturated rings. The van der Waals surface area contributed by atoms with Crippen molar-refractivity contribution in [1.29, 1.82) is 0 Å². The third-order valence-electron chi connectivity index (χ3n) is 2.44. The summed E-state index contributed by atoms with van der Waals surface area (Å²) in [7, 11) is 0. The molecule has 3 heteroatoms. The van der Waals surface area contributed by atoms with Crippen LogP contribution >= 0.6 is 0 Å². The standard InChI is InChI=1S/C13H19NO2/c1-10-3-5-12(6-4-10)7-8-13(16)14-11(2)9-15/h3-6,11,15H,7-9H2,1-2H3,(H,14,16). The van der Waals surface area contributed by atoms with Crippen molar-refractivity contribution in [2.45, 2.75) is 32.7 Å². The second-order valence-electron chi connectivity index (χ2n) is 4.14. The Balaban J connectivity index is 2.34. The molecule has 1 atom stereocenters. The fraction of sp³-hybridized carbons (Fsp3) is 0.462. The summed E-state index contributed by atoms with van der Waals surface area (Å²) in [4.78, 5) is 11.4. The van der Waals surface area contributed by atoms with Crippen molar-refractivity contribution in [2.24, 2.45) is 0 Å². The van der Waals surface area contributed by atoms with Crippen LogP contribution in [0.5, 0.6) is 0 Å². The number of carbonyl (C=O) groups is 1. The number of benzene rings is 1. The first kappa shape index (κ1) is 12.7. The predicted molar refractivity (Wildman–Crippen MR) is 64.2 cm³/mol. The van der Waals surface area contributed by atoms with E-state index in [9.17, 15) is 4.79 Å². The van der Waals surface area contributed by atoms with Crippen LogP contribution < -0.4 is 5.32 Å². The Bertz CT molecular complexity index is 332. The van der Waals surface area contributed by atoms with Gasteiger partial charge in [0.1, 0.15) is 0 Å². The average molecular weight is 221 g/mol. The topological polar surface area (TPSA) is 49.3 Å². The molecule has 1 aromatic carbocycles. The zero-order valence-electron chi connectivity index (χ0n) is 9.86. The molecule has 1 amide bonds. The number of nitrogens with one attached hydrogen (secondary N) is 1. The van der Waals surface area contributed by atoms with Crippen LogP contribution in [-0.4, -0.2) is 23.7 Å². The summed E-state index contributed by atoms with van der Waals surface area (Å²) in [5.41, 5.74) is 2.39. The number of hydrogen-bond donors (Lipinski definition) is 2. The van der Waals surface area contributed by atoms with Crippen LogP contribution in [0.1, 0.15) is 24.5 Å². The molecule has 1 rings (SSSR count). The van der Waals surface area contributed by atoms with E-state index in [1.54, 1.807) is 6.92 Å². The van der Waals surface area contributed by atoms with Gasteiger partial charge in [0.05, 0.1) is 6.61 Å². The van der Waals surface area contributed by atoms with Gasteiger partial charge in [0.25, 0.3) is 0 Å². The largest absolute Gasteiger partial charge is 0.394 e. The molecular weight excluding hydrogens is 202 g/mol. The van der Waals surface area contributed by atoms with E-state index in [2.05, 4.69) is 5.32 Å². The minimum atomic E-state index is -0.162. The zero-order chi connectivity index (χ0) is 12.0. The number of rotatable bonds is 5. The summed E-state index contributed by atoms with van der Waals surface area (Å²) in [6, 6.07) is 8.01. The summed E-state index contributed by atoms with van der Waals surface area (Å²) < 4.78 is 0. The molecule has 2 N–H and O–H groups in total. The van der Waals surface area contributed by atoms with Crippen molar-refractivity contribution in [1.82, 2.24) is 5.32 Å². The van der Waals surface area contributed by atoms with Gasteiger partial charge >= 0.3 is 0 Å². The predicted octanol–water partition coefficient (Wildman–Crippen LogP) is 1.42. The summed E-state index contributed by atoms with van der Waals surface area (Å²) in [5, 5.41) is 11.5. The highest BCUT2D eigenvalue weighted by Gasteiger charge is 2.05. The van der Waals surface area contributed by atoms with Crippen molar-refractivity contribution >= 4 is 5.91 Å². The highest BCUT2D eigenvalue weighted by atomic mass is 16.3. The van der Waals surface area contributed by atoms with Crippen molar-refractivity contribution in [3.8, 4) is 0 Å². The average Bonchev–Trinajstić information content (AvgIpc) is 2.28. The Morgan fingerprint density at radius 2 is 2.00 bits per heavy atom. The summed E-state index contributed by atoms with van der Waals surface area (Å²) in [6.45, 7) is 3.81. The molecule has 88 valence electrons. The molecule has 0 saturated carbocycles. The zero-order valence-corrected chi connectivity index (χ0v) is 9.86. The van der Waals surface area contributed by atoms with Gasteiger partial charge in [0.2, 0.25) is 5.91 Å². The second-order valence-corrected chi connectivity index (χ2v) is 4.14. The van der Waals surface area contributed by atoms with Crippen LogP contribution in [0.25, 0.3) is 0 Å². The number of aliphatic hydroxyl groups is 1. The SMILES string of the molecule is Cc1ccc(CCC(=O)NC(C)CO)cc1. The van der Waals surface area contributed by atoms with Crippen LogP contribution in [0.3, 0.4) is 0 Å². The summed E-state index contributed by atoms with van der Waals surface area (Å²) in [6.07, 6.45) is 1.21. The minimum absolute atomic E-state index is 0.0119. The Morgan fingerprint density at radius 3 is 2.56 bits per heavy atom. The molecule has 0 aliphatic carbocycles. The monoisotopic (exact) mass is 221 g/mol. The molecule has 0 aliphatic heterocycles. The lowest BCUT2D eigenvalue weighted by Crippen LogP contribution is -2.35. The Hall–Kier alpha value is -1.35. The minimum Gasteiger partial charge on any atom is -0.394 e. The molecule has 1 unspecified atom stereocenters. The van der Waals surface area contributed by atoms with Gasteiger partial charge in [0.15, 0.2) is 0 Å². The van der Waals surface area contributed by atoms with E-state index in [1.807, 2.05) is 31.2 Å². The maximum Gasteiger partial charge on any atom is 0.220 e. The first-order valence-electron chi connectivity index (χ1n) is 5.57.